The summed E-state index contributed by atoms with van der Waals surface area (Å²) in [7, 11) is 3.81. The van der Waals surface area contributed by atoms with Crippen LogP contribution in [0.1, 0.15) is 5.69 Å². The second kappa shape index (κ2) is 3.38. The molecule has 0 fully saturated rings. The third-order valence-electron chi connectivity index (χ3n) is 2.29. The minimum atomic E-state index is -0.292. The molecular formula is C10H12FN3. The van der Waals surface area contributed by atoms with Crippen LogP contribution in [0.4, 0.5) is 4.39 Å². The van der Waals surface area contributed by atoms with Gasteiger partial charge in [-0.15, -0.1) is 0 Å². The van der Waals surface area contributed by atoms with Gasteiger partial charge >= 0.3 is 0 Å². The highest BCUT2D eigenvalue weighted by Crippen LogP contribution is 2.17. The topological polar surface area (TPSA) is 29.9 Å². The molecule has 0 spiro atoms. The van der Waals surface area contributed by atoms with Crippen LogP contribution in [0.25, 0.3) is 11.0 Å². The monoisotopic (exact) mass is 193 g/mol. The molecule has 2 heterocycles. The van der Waals surface area contributed by atoms with Crippen LogP contribution in [0.2, 0.25) is 0 Å². The Morgan fingerprint density at radius 2 is 2.29 bits per heavy atom. The Hall–Kier alpha value is -1.42. The molecular weight excluding hydrogens is 181 g/mol. The van der Waals surface area contributed by atoms with Crippen LogP contribution in [-0.4, -0.2) is 16.6 Å². The third-order valence-corrected chi connectivity index (χ3v) is 2.29. The number of aryl methyl sites for hydroxylation is 1. The van der Waals surface area contributed by atoms with Gasteiger partial charge in [0.2, 0.25) is 0 Å². The zero-order valence-corrected chi connectivity index (χ0v) is 8.21. The van der Waals surface area contributed by atoms with E-state index < -0.39 is 0 Å². The molecule has 4 heteroatoms. The second-order valence-electron chi connectivity index (χ2n) is 3.29. The summed E-state index contributed by atoms with van der Waals surface area (Å²) in [5.74, 6) is -0.292. The summed E-state index contributed by atoms with van der Waals surface area (Å²) in [6.45, 7) is 0.758. The Labute approximate surface area is 81.6 Å². The molecule has 14 heavy (non-hydrogen) atoms. The van der Waals surface area contributed by atoms with Crippen LogP contribution in [0.3, 0.4) is 0 Å². The lowest BCUT2D eigenvalue weighted by molar-refractivity contribution is 0.623. The quantitative estimate of drug-likeness (QED) is 0.782. The molecule has 0 aliphatic carbocycles. The summed E-state index contributed by atoms with van der Waals surface area (Å²) in [5, 5.41) is 3.90. The maximum Gasteiger partial charge on any atom is 0.142 e. The molecule has 0 atom stereocenters. The smallest absolute Gasteiger partial charge is 0.142 e. The largest absolute Gasteiger partial charge is 0.331 e. The van der Waals surface area contributed by atoms with Gasteiger partial charge in [-0.1, -0.05) is 0 Å². The van der Waals surface area contributed by atoms with Crippen molar-refractivity contribution in [3.63, 3.8) is 0 Å². The van der Waals surface area contributed by atoms with E-state index in [0.717, 1.165) is 23.3 Å². The number of rotatable bonds is 2. The van der Waals surface area contributed by atoms with E-state index in [9.17, 15) is 4.39 Å². The van der Waals surface area contributed by atoms with Gasteiger partial charge in [-0.2, -0.15) is 0 Å². The molecule has 0 saturated carbocycles. The average molecular weight is 193 g/mol. The fourth-order valence-electron chi connectivity index (χ4n) is 1.60. The van der Waals surface area contributed by atoms with Crippen molar-refractivity contribution in [2.45, 2.75) is 6.54 Å². The predicted octanol–water partition coefficient (Wildman–Crippen LogP) is 1.43. The highest BCUT2D eigenvalue weighted by Gasteiger charge is 2.06. The van der Waals surface area contributed by atoms with Crippen molar-refractivity contribution in [2.75, 3.05) is 7.05 Å². The highest BCUT2D eigenvalue weighted by atomic mass is 19.1. The van der Waals surface area contributed by atoms with Gasteiger partial charge in [0.05, 0.1) is 6.20 Å². The molecule has 74 valence electrons. The SMILES string of the molecule is CNCc1cc2cc(F)cnc2n1C. The van der Waals surface area contributed by atoms with Crippen LogP contribution < -0.4 is 5.32 Å². The number of nitrogens with one attached hydrogen (secondary N) is 1. The molecule has 0 amide bonds. The lowest BCUT2D eigenvalue weighted by Crippen LogP contribution is -2.08. The van der Waals surface area contributed by atoms with Gasteiger partial charge in [0.1, 0.15) is 11.5 Å². The summed E-state index contributed by atoms with van der Waals surface area (Å²) in [4.78, 5) is 4.04. The van der Waals surface area contributed by atoms with E-state index in [4.69, 9.17) is 0 Å². The van der Waals surface area contributed by atoms with E-state index >= 15 is 0 Å². The summed E-state index contributed by atoms with van der Waals surface area (Å²) >= 11 is 0. The van der Waals surface area contributed by atoms with E-state index in [1.54, 1.807) is 0 Å². The van der Waals surface area contributed by atoms with Gasteiger partial charge in [0.15, 0.2) is 0 Å². The molecule has 2 aromatic heterocycles. The van der Waals surface area contributed by atoms with E-state index in [-0.39, 0.29) is 5.82 Å². The first-order chi connectivity index (χ1) is 6.72. The van der Waals surface area contributed by atoms with E-state index in [2.05, 4.69) is 10.3 Å². The molecule has 0 aliphatic rings. The zero-order valence-electron chi connectivity index (χ0n) is 8.21. The number of hydrogen-bond donors (Lipinski definition) is 1. The Kier molecular flexibility index (Phi) is 2.21. The number of aromatic nitrogens is 2. The average Bonchev–Trinajstić information content (AvgIpc) is 2.44. The van der Waals surface area contributed by atoms with Crippen molar-refractivity contribution in [3.8, 4) is 0 Å². The summed E-state index contributed by atoms with van der Waals surface area (Å²) in [6, 6.07) is 3.45. The number of fused-ring (bicyclic) bond motifs is 1. The molecule has 0 aromatic carbocycles. The number of pyridine rings is 1. The van der Waals surface area contributed by atoms with Crippen molar-refractivity contribution >= 4 is 11.0 Å². The lowest BCUT2D eigenvalue weighted by atomic mass is 10.3. The van der Waals surface area contributed by atoms with Crippen LogP contribution in [0.15, 0.2) is 18.3 Å². The van der Waals surface area contributed by atoms with Crippen molar-refractivity contribution in [3.05, 3.63) is 29.8 Å². The predicted molar refractivity (Wildman–Crippen MR) is 53.4 cm³/mol. The van der Waals surface area contributed by atoms with Crippen molar-refractivity contribution < 1.29 is 4.39 Å². The molecule has 2 aromatic rings. The Morgan fingerprint density at radius 3 is 3.00 bits per heavy atom. The van der Waals surface area contributed by atoms with Crippen molar-refractivity contribution in [1.29, 1.82) is 0 Å². The third kappa shape index (κ3) is 1.37. The van der Waals surface area contributed by atoms with Crippen LogP contribution in [-0.2, 0) is 13.6 Å². The zero-order chi connectivity index (χ0) is 10.1. The molecule has 2 rings (SSSR count). The number of nitrogens with zero attached hydrogens (tertiary/aromatic N) is 2. The number of halogens is 1. The van der Waals surface area contributed by atoms with Gasteiger partial charge in [-0.05, 0) is 19.2 Å². The Morgan fingerprint density at radius 1 is 1.50 bits per heavy atom. The van der Waals surface area contributed by atoms with Crippen LogP contribution in [0.5, 0.6) is 0 Å². The van der Waals surface area contributed by atoms with Crippen molar-refractivity contribution in [1.82, 2.24) is 14.9 Å². The summed E-state index contributed by atoms with van der Waals surface area (Å²) in [5.41, 5.74) is 1.91. The van der Waals surface area contributed by atoms with E-state index in [1.807, 2.05) is 24.7 Å². The van der Waals surface area contributed by atoms with E-state index in [0.29, 0.717) is 0 Å². The molecule has 0 saturated heterocycles. The van der Waals surface area contributed by atoms with Crippen molar-refractivity contribution in [2.24, 2.45) is 7.05 Å². The van der Waals surface area contributed by atoms with Crippen LogP contribution in [0, 0.1) is 5.82 Å². The fourth-order valence-corrected chi connectivity index (χ4v) is 1.60. The van der Waals surface area contributed by atoms with Gasteiger partial charge < -0.3 is 9.88 Å². The molecule has 1 N–H and O–H groups in total. The summed E-state index contributed by atoms with van der Waals surface area (Å²) < 4.78 is 14.8. The van der Waals surface area contributed by atoms with Gasteiger partial charge in [0, 0.05) is 24.7 Å². The molecule has 0 unspecified atom stereocenters. The normalized spacial score (nSPS) is 11.1. The Balaban J connectivity index is 2.61. The molecule has 0 bridgehead atoms. The second-order valence-corrected chi connectivity index (χ2v) is 3.29. The first kappa shape index (κ1) is 9.15. The minimum Gasteiger partial charge on any atom is -0.331 e. The van der Waals surface area contributed by atoms with Gasteiger partial charge in [0.25, 0.3) is 0 Å². The van der Waals surface area contributed by atoms with Crippen LogP contribution >= 0.6 is 0 Å². The first-order valence-corrected chi connectivity index (χ1v) is 4.47. The Bertz CT molecular complexity index is 462. The standard InChI is InChI=1S/C10H12FN3/c1-12-6-9-4-7-3-8(11)5-13-10(7)14(9)2/h3-5,12H,6H2,1-2H3. The molecule has 3 nitrogen and oxygen atoms in total. The fraction of sp³-hybridized carbons (Fsp3) is 0.300. The van der Waals surface area contributed by atoms with Gasteiger partial charge in [-0.3, -0.25) is 0 Å². The maximum atomic E-state index is 12.9. The first-order valence-electron chi connectivity index (χ1n) is 4.47. The minimum absolute atomic E-state index is 0.292. The number of hydrogen-bond acceptors (Lipinski definition) is 2. The van der Waals surface area contributed by atoms with E-state index in [1.165, 1.54) is 12.3 Å². The highest BCUT2D eigenvalue weighted by molar-refractivity contribution is 5.77. The summed E-state index contributed by atoms with van der Waals surface area (Å²) in [6.07, 6.45) is 1.24. The van der Waals surface area contributed by atoms with Gasteiger partial charge in [-0.25, -0.2) is 9.37 Å². The maximum absolute atomic E-state index is 12.9. The molecule has 0 aliphatic heterocycles. The lowest BCUT2D eigenvalue weighted by Gasteiger charge is -2.01. The molecule has 0 radical (unpaired) electrons.